The van der Waals surface area contributed by atoms with Crippen LogP contribution in [-0.2, 0) is 12.3 Å². The predicted molar refractivity (Wildman–Crippen MR) is 139 cm³/mol. The van der Waals surface area contributed by atoms with Gasteiger partial charge in [0.1, 0.15) is 0 Å². The van der Waals surface area contributed by atoms with Crippen molar-refractivity contribution in [2.45, 2.75) is 31.3 Å². The first-order valence-corrected chi connectivity index (χ1v) is 12.3. The summed E-state index contributed by atoms with van der Waals surface area (Å²) in [6.45, 7) is 4.15. The van der Waals surface area contributed by atoms with Gasteiger partial charge in [0.2, 0.25) is 0 Å². The summed E-state index contributed by atoms with van der Waals surface area (Å²) in [5, 5.41) is 16.1. The maximum Gasteiger partial charge on any atom is 0.319 e. The van der Waals surface area contributed by atoms with E-state index in [9.17, 15) is 4.79 Å². The number of carbonyl (C=O) groups is 1. The average Bonchev–Trinajstić information content (AvgIpc) is 3.22. The van der Waals surface area contributed by atoms with E-state index in [1.807, 2.05) is 41.8 Å². The van der Waals surface area contributed by atoms with E-state index in [1.165, 1.54) is 22.9 Å². The predicted octanol–water partition coefficient (Wildman–Crippen LogP) is 6.80. The molecule has 1 aromatic heterocycles. The summed E-state index contributed by atoms with van der Waals surface area (Å²) >= 11 is 14.3. The van der Waals surface area contributed by atoms with Gasteiger partial charge in [0.25, 0.3) is 0 Å². The van der Waals surface area contributed by atoms with E-state index in [1.54, 1.807) is 18.2 Å². The summed E-state index contributed by atoms with van der Waals surface area (Å²) in [6.07, 6.45) is 0. The number of thioether (sulfide) groups is 1. The Labute approximate surface area is 212 Å². The van der Waals surface area contributed by atoms with Crippen LogP contribution in [-0.4, -0.2) is 20.8 Å². The minimum Gasteiger partial charge on any atom is -0.331 e. The molecule has 4 aromatic rings. The molecule has 0 aliphatic heterocycles. The fourth-order valence-corrected chi connectivity index (χ4v) is 4.67. The van der Waals surface area contributed by atoms with Crippen molar-refractivity contribution in [1.29, 1.82) is 0 Å². The number of carbonyl (C=O) groups excluding carboxylic acids is 1. The second-order valence-electron chi connectivity index (χ2n) is 7.73. The maximum absolute atomic E-state index is 12.5. The van der Waals surface area contributed by atoms with Crippen LogP contribution in [0.15, 0.2) is 71.9 Å². The summed E-state index contributed by atoms with van der Waals surface area (Å²) < 4.78 is 1.84. The summed E-state index contributed by atoms with van der Waals surface area (Å²) in [6, 6.07) is 20.8. The zero-order chi connectivity index (χ0) is 24.1. The zero-order valence-corrected chi connectivity index (χ0v) is 21.0. The zero-order valence-electron chi connectivity index (χ0n) is 18.7. The van der Waals surface area contributed by atoms with E-state index < -0.39 is 0 Å². The van der Waals surface area contributed by atoms with E-state index >= 15 is 0 Å². The molecular formula is C25H23Cl2N5OS. The van der Waals surface area contributed by atoms with Gasteiger partial charge in [-0.1, -0.05) is 83.0 Å². The Balaban J connectivity index is 1.57. The Morgan fingerprint density at radius 3 is 2.62 bits per heavy atom. The largest absolute Gasteiger partial charge is 0.331 e. The molecule has 6 nitrogen and oxygen atoms in total. The highest BCUT2D eigenvalue weighted by Gasteiger charge is 2.18. The molecule has 34 heavy (non-hydrogen) atoms. The molecule has 0 saturated heterocycles. The Hall–Kier alpha value is -3.00. The first-order chi connectivity index (χ1) is 16.4. The molecular weight excluding hydrogens is 489 g/mol. The number of anilines is 1. The molecule has 2 N–H and O–H groups in total. The van der Waals surface area contributed by atoms with Crippen LogP contribution in [0.25, 0.3) is 5.69 Å². The molecule has 0 aliphatic rings. The molecule has 0 bridgehead atoms. The normalized spacial score (nSPS) is 10.8. The molecule has 0 saturated carbocycles. The number of nitrogens with one attached hydrogen (secondary N) is 2. The van der Waals surface area contributed by atoms with Crippen molar-refractivity contribution in [1.82, 2.24) is 20.1 Å². The smallest absolute Gasteiger partial charge is 0.319 e. The monoisotopic (exact) mass is 511 g/mol. The fourth-order valence-electron chi connectivity index (χ4n) is 3.40. The number of aryl methyl sites for hydroxylation is 2. The molecule has 0 atom stereocenters. The van der Waals surface area contributed by atoms with Crippen molar-refractivity contribution in [3.63, 3.8) is 0 Å². The minimum atomic E-state index is -0.338. The van der Waals surface area contributed by atoms with Crippen molar-refractivity contribution in [2.24, 2.45) is 0 Å². The highest BCUT2D eigenvalue weighted by molar-refractivity contribution is 7.98. The van der Waals surface area contributed by atoms with E-state index in [0.29, 0.717) is 32.5 Å². The quantitative estimate of drug-likeness (QED) is 0.267. The van der Waals surface area contributed by atoms with E-state index in [0.717, 1.165) is 11.3 Å². The van der Waals surface area contributed by atoms with Gasteiger partial charge in [-0.2, -0.15) is 0 Å². The van der Waals surface area contributed by atoms with Gasteiger partial charge in [-0.3, -0.25) is 4.57 Å². The lowest BCUT2D eigenvalue weighted by atomic mass is 10.2. The third kappa shape index (κ3) is 5.91. The summed E-state index contributed by atoms with van der Waals surface area (Å²) in [5.41, 5.74) is 4.74. The highest BCUT2D eigenvalue weighted by Crippen LogP contribution is 2.31. The van der Waals surface area contributed by atoms with Crippen LogP contribution in [0.3, 0.4) is 0 Å². The number of amides is 2. The van der Waals surface area contributed by atoms with Crippen LogP contribution in [0.2, 0.25) is 10.0 Å². The molecule has 4 rings (SSSR count). The lowest BCUT2D eigenvalue weighted by molar-refractivity contribution is 0.251. The summed E-state index contributed by atoms with van der Waals surface area (Å²) in [4.78, 5) is 12.5. The molecule has 9 heteroatoms. The molecule has 0 radical (unpaired) electrons. The van der Waals surface area contributed by atoms with Crippen LogP contribution in [0.1, 0.15) is 22.5 Å². The first kappa shape index (κ1) is 24.1. The lowest BCUT2D eigenvalue weighted by Gasteiger charge is -2.14. The van der Waals surface area contributed by atoms with Crippen LogP contribution >= 0.6 is 35.0 Å². The molecule has 0 aliphatic carbocycles. The molecule has 1 heterocycles. The Kier molecular flexibility index (Phi) is 7.77. The lowest BCUT2D eigenvalue weighted by Crippen LogP contribution is -2.29. The number of rotatable bonds is 7. The molecule has 3 aromatic carbocycles. The van der Waals surface area contributed by atoms with Gasteiger partial charge >= 0.3 is 6.03 Å². The van der Waals surface area contributed by atoms with Crippen LogP contribution in [0.5, 0.6) is 0 Å². The second kappa shape index (κ2) is 11.0. The number of hydrogen-bond acceptors (Lipinski definition) is 4. The topological polar surface area (TPSA) is 71.8 Å². The van der Waals surface area contributed by atoms with E-state index in [-0.39, 0.29) is 12.6 Å². The van der Waals surface area contributed by atoms with Gasteiger partial charge in [0.15, 0.2) is 11.0 Å². The van der Waals surface area contributed by atoms with Crippen LogP contribution < -0.4 is 10.6 Å². The fraction of sp³-hybridized carbons (Fsp3) is 0.160. The Bertz CT molecular complexity index is 1320. The van der Waals surface area contributed by atoms with Crippen molar-refractivity contribution in [3.8, 4) is 5.69 Å². The van der Waals surface area contributed by atoms with Crippen molar-refractivity contribution >= 4 is 46.7 Å². The Morgan fingerprint density at radius 2 is 1.82 bits per heavy atom. The number of benzene rings is 3. The Morgan fingerprint density at radius 1 is 1.00 bits per heavy atom. The standard InChI is InChI=1S/C25H23Cl2N5OS/c1-16-6-5-8-18(12-16)15-34-25-31-30-23(32(25)22-13-19(26)10-11-20(22)27)14-28-24(33)29-21-9-4-3-7-17(21)2/h3-13H,14-15H2,1-2H3,(H2,28,29,33). The summed E-state index contributed by atoms with van der Waals surface area (Å²) in [7, 11) is 0. The minimum absolute atomic E-state index is 0.151. The van der Waals surface area contributed by atoms with Gasteiger partial charge in [-0.25, -0.2) is 4.79 Å². The van der Waals surface area contributed by atoms with E-state index in [4.69, 9.17) is 23.2 Å². The number of hydrogen-bond donors (Lipinski definition) is 2. The van der Waals surface area contributed by atoms with Gasteiger partial charge in [-0.05, 0) is 49.2 Å². The first-order valence-electron chi connectivity index (χ1n) is 10.6. The van der Waals surface area contributed by atoms with Crippen LogP contribution in [0, 0.1) is 13.8 Å². The second-order valence-corrected chi connectivity index (χ2v) is 9.52. The molecule has 0 unspecified atom stereocenters. The van der Waals surface area contributed by atoms with Gasteiger partial charge < -0.3 is 10.6 Å². The third-order valence-electron chi connectivity index (χ3n) is 5.10. The van der Waals surface area contributed by atoms with Crippen molar-refractivity contribution in [3.05, 3.63) is 99.3 Å². The summed E-state index contributed by atoms with van der Waals surface area (Å²) in [5.74, 6) is 1.25. The van der Waals surface area contributed by atoms with E-state index in [2.05, 4.69) is 46.0 Å². The molecule has 0 fully saturated rings. The SMILES string of the molecule is Cc1cccc(CSc2nnc(CNC(=O)Nc3ccccc3C)n2-c2cc(Cl)ccc2Cl)c1. The molecule has 174 valence electrons. The van der Waals surface area contributed by atoms with Gasteiger partial charge in [-0.15, -0.1) is 10.2 Å². The molecule has 0 spiro atoms. The number of nitrogens with zero attached hydrogens (tertiary/aromatic N) is 3. The van der Waals surface area contributed by atoms with Crippen molar-refractivity contribution < 1.29 is 4.79 Å². The molecule has 2 amide bonds. The third-order valence-corrected chi connectivity index (χ3v) is 6.66. The average molecular weight is 512 g/mol. The maximum atomic E-state index is 12.5. The van der Waals surface area contributed by atoms with Crippen molar-refractivity contribution in [2.75, 3.05) is 5.32 Å². The number of para-hydroxylation sites is 1. The number of aromatic nitrogens is 3. The van der Waals surface area contributed by atoms with Crippen LogP contribution in [0.4, 0.5) is 10.5 Å². The van der Waals surface area contributed by atoms with Gasteiger partial charge in [0.05, 0.1) is 17.3 Å². The number of halogens is 2. The number of urea groups is 1. The van der Waals surface area contributed by atoms with Gasteiger partial charge in [0, 0.05) is 16.5 Å². The highest BCUT2D eigenvalue weighted by atomic mass is 35.5.